The Morgan fingerprint density at radius 1 is 1.03 bits per heavy atom. The van der Waals surface area contributed by atoms with E-state index in [1.54, 1.807) is 0 Å². The minimum atomic E-state index is -0.164. The molecule has 8 atom stereocenters. The Balaban J connectivity index is 1.27. The predicted molar refractivity (Wildman–Crippen MR) is 136 cm³/mol. The second-order valence-electron chi connectivity index (χ2n) is 12.3. The van der Waals surface area contributed by atoms with Gasteiger partial charge in [0.25, 0.3) is 0 Å². The smallest absolute Gasteiger partial charge is 0.309 e. The summed E-state index contributed by atoms with van der Waals surface area (Å²) in [6.07, 6.45) is 11.7. The molecule has 190 valence electrons. The second-order valence-corrected chi connectivity index (χ2v) is 12.3. The highest BCUT2D eigenvalue weighted by atomic mass is 16.5. The van der Waals surface area contributed by atoms with Crippen LogP contribution in [0.5, 0.6) is 0 Å². The molecule has 1 aromatic rings. The Bertz CT molecular complexity index is 983. The normalized spacial score (nSPS) is 38.9. The van der Waals surface area contributed by atoms with Crippen molar-refractivity contribution in [1.29, 1.82) is 0 Å². The molecule has 0 bridgehead atoms. The van der Waals surface area contributed by atoms with E-state index in [-0.39, 0.29) is 40.9 Å². The quantitative estimate of drug-likeness (QED) is 0.350. The highest BCUT2D eigenvalue weighted by molar-refractivity contribution is 5.74. The van der Waals surface area contributed by atoms with Crippen LogP contribution in [0.2, 0.25) is 0 Å². The number of esters is 2. The van der Waals surface area contributed by atoms with E-state index in [4.69, 9.17) is 9.47 Å². The van der Waals surface area contributed by atoms with Crippen LogP contribution in [0.4, 0.5) is 0 Å². The van der Waals surface area contributed by atoms with Gasteiger partial charge in [-0.2, -0.15) is 0 Å². The number of allylic oxidation sites excluding steroid dienone is 1. The summed E-state index contributed by atoms with van der Waals surface area (Å²) in [4.78, 5) is 24.9. The van der Waals surface area contributed by atoms with Crippen LogP contribution >= 0.6 is 0 Å². The molecule has 3 saturated carbocycles. The number of carbonyl (C=O) groups excluding carboxylic acids is 2. The van der Waals surface area contributed by atoms with E-state index in [9.17, 15) is 9.59 Å². The molecule has 35 heavy (non-hydrogen) atoms. The van der Waals surface area contributed by atoms with Crippen molar-refractivity contribution in [3.8, 4) is 0 Å². The van der Waals surface area contributed by atoms with Crippen molar-refractivity contribution in [3.63, 3.8) is 0 Å². The molecule has 0 amide bonds. The zero-order valence-electron chi connectivity index (χ0n) is 21.9. The summed E-state index contributed by atoms with van der Waals surface area (Å²) in [6.45, 7) is 8.39. The lowest BCUT2D eigenvalue weighted by Crippen LogP contribution is -2.51. The highest BCUT2D eigenvalue weighted by Crippen LogP contribution is 2.66. The lowest BCUT2D eigenvalue weighted by molar-refractivity contribution is -0.160. The van der Waals surface area contributed by atoms with Crippen LogP contribution in [0.1, 0.15) is 84.6 Å². The number of carbonyl (C=O) groups is 2. The number of hydrogen-bond acceptors (Lipinski definition) is 4. The van der Waals surface area contributed by atoms with Crippen LogP contribution < -0.4 is 0 Å². The zero-order chi connectivity index (χ0) is 24.8. The van der Waals surface area contributed by atoms with Crippen LogP contribution in [0, 0.1) is 34.5 Å². The Labute approximate surface area is 210 Å². The van der Waals surface area contributed by atoms with Crippen molar-refractivity contribution in [2.75, 3.05) is 0 Å². The summed E-state index contributed by atoms with van der Waals surface area (Å²) in [7, 11) is 0. The van der Waals surface area contributed by atoms with E-state index < -0.39 is 0 Å². The van der Waals surface area contributed by atoms with E-state index in [2.05, 4.69) is 32.1 Å². The molecule has 4 aliphatic rings. The molecule has 3 fully saturated rings. The zero-order valence-corrected chi connectivity index (χ0v) is 21.9. The molecule has 4 aliphatic carbocycles. The maximum Gasteiger partial charge on any atom is 0.309 e. The van der Waals surface area contributed by atoms with Gasteiger partial charge in [0.1, 0.15) is 12.2 Å². The Morgan fingerprint density at radius 2 is 1.80 bits per heavy atom. The molecular weight excluding hydrogens is 436 g/mol. The van der Waals surface area contributed by atoms with Crippen LogP contribution in [0.15, 0.2) is 42.0 Å². The van der Waals surface area contributed by atoms with Gasteiger partial charge >= 0.3 is 11.9 Å². The van der Waals surface area contributed by atoms with Gasteiger partial charge < -0.3 is 9.47 Å². The minimum Gasteiger partial charge on any atom is -0.462 e. The second kappa shape index (κ2) is 9.41. The summed E-state index contributed by atoms with van der Waals surface area (Å²) in [6, 6.07) is 10.3. The molecule has 0 spiro atoms. The number of fused-ring (bicyclic) bond motifs is 5. The van der Waals surface area contributed by atoms with Crippen molar-refractivity contribution in [2.24, 2.45) is 34.5 Å². The Morgan fingerprint density at radius 3 is 2.54 bits per heavy atom. The molecule has 0 saturated heterocycles. The first-order chi connectivity index (χ1) is 16.7. The maximum atomic E-state index is 13.4. The van der Waals surface area contributed by atoms with E-state index in [0.29, 0.717) is 17.8 Å². The molecule has 0 radical (unpaired) electrons. The number of ether oxygens (including phenoxy) is 2. The SMILES string of the molecule is CC(=O)O[C@H]1CC[C@@]2(C)C(=CC[C@H]3[C@@H]4CC[C@H](C(=O)O[C@@H](C)Cc5ccccc5)[C@@]4(C)CC[C@@H]32)C1. The molecule has 0 N–H and O–H groups in total. The van der Waals surface area contributed by atoms with Gasteiger partial charge in [-0.3, -0.25) is 9.59 Å². The fourth-order valence-corrected chi connectivity index (χ4v) is 8.62. The summed E-state index contributed by atoms with van der Waals surface area (Å²) in [5, 5.41) is 0. The highest BCUT2D eigenvalue weighted by Gasteiger charge is 2.60. The molecule has 0 unspecified atom stereocenters. The van der Waals surface area contributed by atoms with Gasteiger partial charge in [-0.15, -0.1) is 0 Å². The van der Waals surface area contributed by atoms with Crippen molar-refractivity contribution in [3.05, 3.63) is 47.5 Å². The average Bonchev–Trinajstić information content (AvgIpc) is 3.17. The molecule has 4 heteroatoms. The first-order valence-electron chi connectivity index (χ1n) is 13.8. The summed E-state index contributed by atoms with van der Waals surface area (Å²) in [5.41, 5.74) is 2.99. The first-order valence-corrected chi connectivity index (χ1v) is 13.8. The third-order valence-electron chi connectivity index (χ3n) is 10.4. The third kappa shape index (κ3) is 4.47. The lowest BCUT2D eigenvalue weighted by Gasteiger charge is -2.57. The Kier molecular flexibility index (Phi) is 6.61. The average molecular weight is 479 g/mol. The van der Waals surface area contributed by atoms with Gasteiger partial charge in [0, 0.05) is 19.8 Å². The standard InChI is InChI=1S/C31H42O4/c1-20(18-22-8-6-5-7-9-22)34-29(33)28-13-12-26-25-11-10-23-19-24(35-21(2)32)14-16-30(23,3)27(25)15-17-31(26,28)4/h5-10,20,24-28H,11-19H2,1-4H3/t20-,24-,25-,26-,27-,28+,30-,31-/m0/s1. The van der Waals surface area contributed by atoms with Gasteiger partial charge in [-0.25, -0.2) is 0 Å². The van der Waals surface area contributed by atoms with Gasteiger partial charge in [0.2, 0.25) is 0 Å². The summed E-state index contributed by atoms with van der Waals surface area (Å²) >= 11 is 0. The fourth-order valence-electron chi connectivity index (χ4n) is 8.62. The van der Waals surface area contributed by atoms with Crippen molar-refractivity contribution in [2.45, 2.75) is 97.7 Å². The van der Waals surface area contributed by atoms with Crippen LogP contribution in [-0.2, 0) is 25.5 Å². The molecule has 0 heterocycles. The molecule has 5 rings (SSSR count). The summed E-state index contributed by atoms with van der Waals surface area (Å²) < 4.78 is 11.6. The van der Waals surface area contributed by atoms with Crippen LogP contribution in [0.25, 0.3) is 0 Å². The minimum absolute atomic E-state index is 0.0181. The molecule has 1 aromatic carbocycles. The summed E-state index contributed by atoms with van der Waals surface area (Å²) in [5.74, 6) is 1.78. The fraction of sp³-hybridized carbons (Fsp3) is 0.677. The largest absolute Gasteiger partial charge is 0.462 e. The van der Waals surface area contributed by atoms with Crippen molar-refractivity contribution >= 4 is 11.9 Å². The monoisotopic (exact) mass is 478 g/mol. The van der Waals surface area contributed by atoms with Gasteiger partial charge in [0.05, 0.1) is 5.92 Å². The van der Waals surface area contributed by atoms with Crippen LogP contribution in [-0.4, -0.2) is 24.1 Å². The van der Waals surface area contributed by atoms with Gasteiger partial charge in [0.15, 0.2) is 0 Å². The molecule has 0 aliphatic heterocycles. The van der Waals surface area contributed by atoms with E-state index in [1.165, 1.54) is 24.5 Å². The number of hydrogen-bond donors (Lipinski definition) is 0. The maximum absolute atomic E-state index is 13.4. The van der Waals surface area contributed by atoms with Crippen molar-refractivity contribution in [1.82, 2.24) is 0 Å². The number of rotatable bonds is 5. The molecule has 0 aromatic heterocycles. The topological polar surface area (TPSA) is 52.6 Å². The van der Waals surface area contributed by atoms with E-state index in [0.717, 1.165) is 51.4 Å². The lowest BCUT2D eigenvalue weighted by atomic mass is 9.47. The first kappa shape index (κ1) is 24.6. The van der Waals surface area contributed by atoms with E-state index in [1.807, 2.05) is 25.1 Å². The van der Waals surface area contributed by atoms with Gasteiger partial charge in [-0.05, 0) is 86.0 Å². The number of benzene rings is 1. The third-order valence-corrected chi connectivity index (χ3v) is 10.4. The van der Waals surface area contributed by atoms with Crippen LogP contribution in [0.3, 0.4) is 0 Å². The van der Waals surface area contributed by atoms with Crippen molar-refractivity contribution < 1.29 is 19.1 Å². The molecular formula is C31H42O4. The Hall–Kier alpha value is -2.10. The van der Waals surface area contributed by atoms with Gasteiger partial charge in [-0.1, -0.05) is 55.8 Å². The van der Waals surface area contributed by atoms with E-state index >= 15 is 0 Å². The molecule has 4 nitrogen and oxygen atoms in total. The predicted octanol–water partition coefficient (Wildman–Crippen LogP) is 6.67.